The number of aliphatic hydroxyl groups excluding tert-OH is 1. The number of halogens is 2. The number of aliphatic hydroxyl groups is 1. The lowest BCUT2D eigenvalue weighted by atomic mass is 10.4. The molecule has 108 valence electrons. The molecule has 0 unspecified atom stereocenters. The highest BCUT2D eigenvalue weighted by Gasteiger charge is 2.30. The fraction of sp³-hybridized carbons (Fsp3) is 0.600. The first kappa shape index (κ1) is 15.9. The van der Waals surface area contributed by atoms with Crippen molar-refractivity contribution in [3.05, 3.63) is 13.6 Å². The van der Waals surface area contributed by atoms with Gasteiger partial charge >= 0.3 is 0 Å². The second-order valence-corrected chi connectivity index (χ2v) is 9.81. The van der Waals surface area contributed by atoms with Crippen molar-refractivity contribution in [1.29, 1.82) is 0 Å². The molecular weight excluding hydrogens is 420 g/mol. The quantitative estimate of drug-likeness (QED) is 0.782. The van der Waals surface area contributed by atoms with Crippen LogP contribution in [0.25, 0.3) is 0 Å². The van der Waals surface area contributed by atoms with E-state index >= 15 is 0 Å². The van der Waals surface area contributed by atoms with Crippen molar-refractivity contribution in [3.63, 3.8) is 0 Å². The van der Waals surface area contributed by atoms with Gasteiger partial charge in [0.1, 0.15) is 4.90 Å². The molecule has 1 aromatic heterocycles. The third-order valence-corrected chi connectivity index (χ3v) is 7.64. The lowest BCUT2D eigenvalue weighted by molar-refractivity contribution is 0.151. The van der Waals surface area contributed by atoms with Gasteiger partial charge in [0.2, 0.25) is 10.0 Å². The van der Waals surface area contributed by atoms with E-state index in [-0.39, 0.29) is 6.61 Å². The van der Waals surface area contributed by atoms with E-state index in [9.17, 15) is 8.42 Å². The van der Waals surface area contributed by atoms with E-state index < -0.39 is 10.0 Å². The molecule has 0 amide bonds. The van der Waals surface area contributed by atoms with Crippen molar-refractivity contribution in [3.8, 4) is 0 Å². The van der Waals surface area contributed by atoms with Crippen LogP contribution in [0.1, 0.15) is 0 Å². The van der Waals surface area contributed by atoms with Gasteiger partial charge in [-0.05, 0) is 37.9 Å². The average Bonchev–Trinajstić information content (AvgIpc) is 2.70. The highest BCUT2D eigenvalue weighted by Crippen LogP contribution is 2.36. The third-order valence-electron chi connectivity index (χ3n) is 2.99. The molecule has 1 aliphatic heterocycles. The summed E-state index contributed by atoms with van der Waals surface area (Å²) in [4.78, 5) is 2.38. The molecule has 2 rings (SSSR count). The van der Waals surface area contributed by atoms with Gasteiger partial charge in [-0.15, -0.1) is 11.3 Å². The molecule has 2 heterocycles. The fourth-order valence-corrected chi connectivity index (χ4v) is 7.16. The van der Waals surface area contributed by atoms with Crippen LogP contribution in [0.5, 0.6) is 0 Å². The Balaban J connectivity index is 2.12. The molecule has 1 fully saturated rings. The minimum atomic E-state index is -3.43. The minimum absolute atomic E-state index is 0.107. The van der Waals surface area contributed by atoms with E-state index in [1.165, 1.54) is 15.6 Å². The molecule has 5 nitrogen and oxygen atoms in total. The van der Waals surface area contributed by atoms with Crippen LogP contribution in [-0.2, 0) is 10.0 Å². The summed E-state index contributed by atoms with van der Waals surface area (Å²) in [5, 5.41) is 8.88. The number of hydrogen-bond acceptors (Lipinski definition) is 5. The molecular formula is C10H14Br2N2O3S2. The van der Waals surface area contributed by atoms with Crippen LogP contribution in [0.3, 0.4) is 0 Å². The van der Waals surface area contributed by atoms with Gasteiger partial charge in [0.05, 0.1) is 14.2 Å². The smallest absolute Gasteiger partial charge is 0.245 e. The lowest BCUT2D eigenvalue weighted by Crippen LogP contribution is -2.49. The molecule has 1 aromatic rings. The van der Waals surface area contributed by atoms with Crippen LogP contribution in [0.4, 0.5) is 0 Å². The topological polar surface area (TPSA) is 60.9 Å². The SMILES string of the molecule is O=S(=O)(c1cc(Br)sc1Br)N1CCN(CCO)CC1. The summed E-state index contributed by atoms with van der Waals surface area (Å²) in [6.45, 7) is 2.94. The largest absolute Gasteiger partial charge is 0.395 e. The zero-order valence-corrected chi connectivity index (χ0v) is 14.9. The number of sulfonamides is 1. The molecule has 0 atom stereocenters. The molecule has 1 aliphatic rings. The number of β-amino-alcohol motifs (C(OH)–C–C–N with tert-alkyl or cyclic N) is 1. The Bertz CT molecular complexity index is 539. The van der Waals surface area contributed by atoms with Gasteiger partial charge in [-0.3, -0.25) is 4.90 Å². The van der Waals surface area contributed by atoms with Crippen LogP contribution in [0.15, 0.2) is 18.5 Å². The van der Waals surface area contributed by atoms with Crippen LogP contribution in [0, 0.1) is 0 Å². The van der Waals surface area contributed by atoms with Crippen molar-refractivity contribution in [1.82, 2.24) is 9.21 Å². The van der Waals surface area contributed by atoms with Crippen molar-refractivity contribution < 1.29 is 13.5 Å². The fourth-order valence-electron chi connectivity index (χ4n) is 1.98. The van der Waals surface area contributed by atoms with Gasteiger partial charge < -0.3 is 5.11 Å². The molecule has 0 radical (unpaired) electrons. The average molecular weight is 434 g/mol. The predicted octanol–water partition coefficient (Wildman–Crippen LogP) is 1.57. The molecule has 19 heavy (non-hydrogen) atoms. The Morgan fingerprint density at radius 2 is 1.89 bits per heavy atom. The maximum atomic E-state index is 12.5. The highest BCUT2D eigenvalue weighted by atomic mass is 79.9. The number of hydrogen-bond donors (Lipinski definition) is 1. The summed E-state index contributed by atoms with van der Waals surface area (Å²) in [5.74, 6) is 0. The van der Waals surface area contributed by atoms with Gasteiger partial charge in [-0.2, -0.15) is 4.31 Å². The second kappa shape index (κ2) is 6.50. The van der Waals surface area contributed by atoms with E-state index in [4.69, 9.17) is 5.11 Å². The van der Waals surface area contributed by atoms with Crippen LogP contribution in [0.2, 0.25) is 0 Å². The summed E-state index contributed by atoms with van der Waals surface area (Å²) < 4.78 is 27.9. The first-order valence-corrected chi connectivity index (χ1v) is 9.57. The van der Waals surface area contributed by atoms with Gasteiger partial charge in [-0.1, -0.05) is 0 Å². The van der Waals surface area contributed by atoms with Crippen LogP contribution >= 0.6 is 43.2 Å². The van der Waals surface area contributed by atoms with Crippen molar-refractivity contribution in [2.24, 2.45) is 0 Å². The van der Waals surface area contributed by atoms with Gasteiger partial charge in [0.25, 0.3) is 0 Å². The minimum Gasteiger partial charge on any atom is -0.395 e. The summed E-state index contributed by atoms with van der Waals surface area (Å²) >= 11 is 7.95. The van der Waals surface area contributed by atoms with Crippen LogP contribution < -0.4 is 0 Å². The van der Waals surface area contributed by atoms with Crippen molar-refractivity contribution >= 4 is 53.2 Å². The first-order chi connectivity index (χ1) is 8.95. The maximum Gasteiger partial charge on any atom is 0.245 e. The normalized spacial score (nSPS) is 18.9. The van der Waals surface area contributed by atoms with E-state index in [1.807, 2.05) is 0 Å². The van der Waals surface area contributed by atoms with E-state index in [2.05, 4.69) is 36.8 Å². The van der Waals surface area contributed by atoms with E-state index in [1.54, 1.807) is 6.07 Å². The van der Waals surface area contributed by atoms with Gasteiger partial charge in [-0.25, -0.2) is 8.42 Å². The van der Waals surface area contributed by atoms with E-state index in [0.717, 1.165) is 3.79 Å². The number of piperazine rings is 1. The highest BCUT2D eigenvalue weighted by molar-refractivity contribution is 9.12. The Labute approximate surface area is 133 Å². The monoisotopic (exact) mass is 432 g/mol. The zero-order chi connectivity index (χ0) is 14.0. The van der Waals surface area contributed by atoms with Gasteiger partial charge in [0.15, 0.2) is 0 Å². The standard InChI is InChI=1S/C10H14Br2N2O3S2/c11-9-7-8(10(12)18-9)19(16,17)14-3-1-13(2-4-14)5-6-15/h7,15H,1-6H2. The van der Waals surface area contributed by atoms with E-state index in [0.29, 0.717) is 41.4 Å². The predicted molar refractivity (Wildman–Crippen MR) is 82.0 cm³/mol. The number of rotatable bonds is 4. The van der Waals surface area contributed by atoms with Crippen LogP contribution in [-0.4, -0.2) is 62.1 Å². The third kappa shape index (κ3) is 3.58. The lowest BCUT2D eigenvalue weighted by Gasteiger charge is -2.33. The molecule has 9 heteroatoms. The van der Waals surface area contributed by atoms with Crippen molar-refractivity contribution in [2.45, 2.75) is 4.90 Å². The Morgan fingerprint density at radius 1 is 1.26 bits per heavy atom. The molecule has 1 saturated heterocycles. The van der Waals surface area contributed by atoms with Crippen molar-refractivity contribution in [2.75, 3.05) is 39.3 Å². The molecule has 0 bridgehead atoms. The summed E-state index contributed by atoms with van der Waals surface area (Å²) in [5.41, 5.74) is 0. The summed E-state index contributed by atoms with van der Waals surface area (Å²) in [6, 6.07) is 1.63. The number of nitrogens with zero attached hydrogens (tertiary/aromatic N) is 2. The Hall–Kier alpha value is 0.490. The molecule has 0 aliphatic carbocycles. The maximum absolute atomic E-state index is 12.5. The number of thiophene rings is 1. The second-order valence-electron chi connectivity index (χ2n) is 4.16. The first-order valence-electron chi connectivity index (χ1n) is 5.73. The summed E-state index contributed by atoms with van der Waals surface area (Å²) in [7, 11) is -3.43. The van der Waals surface area contributed by atoms with Gasteiger partial charge in [0, 0.05) is 32.7 Å². The molecule has 0 spiro atoms. The molecule has 0 aromatic carbocycles. The zero-order valence-electron chi connectivity index (χ0n) is 10.1. The Kier molecular flexibility index (Phi) is 5.43. The summed E-state index contributed by atoms with van der Waals surface area (Å²) in [6.07, 6.45) is 0. The molecule has 0 saturated carbocycles. The molecule has 1 N–H and O–H groups in total. The Morgan fingerprint density at radius 3 is 2.37 bits per heavy atom.